The number of piperidine rings is 1. The monoisotopic (exact) mass is 413 g/mol. The molecular weight excluding hydrogens is 382 g/mol. The Kier molecular flexibility index (Phi) is 6.24. The summed E-state index contributed by atoms with van der Waals surface area (Å²) in [7, 11) is 0. The molecule has 8 heteroatoms. The lowest BCUT2D eigenvalue weighted by molar-refractivity contribution is -0.0734. The van der Waals surface area contributed by atoms with Gasteiger partial charge in [0, 0.05) is 26.3 Å². The number of rotatable bonds is 7. The number of ether oxygens (including phenoxy) is 1. The molecular formula is C22H31N5O3. The average Bonchev–Trinajstić information content (AvgIpc) is 3.34. The van der Waals surface area contributed by atoms with Gasteiger partial charge >= 0.3 is 0 Å². The number of benzene rings is 1. The molecule has 0 radical (unpaired) electrons. The van der Waals surface area contributed by atoms with E-state index in [1.165, 1.54) is 0 Å². The van der Waals surface area contributed by atoms with Gasteiger partial charge in [0.1, 0.15) is 12.0 Å². The van der Waals surface area contributed by atoms with Crippen molar-refractivity contribution >= 4 is 5.96 Å². The van der Waals surface area contributed by atoms with E-state index in [0.717, 1.165) is 48.9 Å². The van der Waals surface area contributed by atoms with Gasteiger partial charge in [0.15, 0.2) is 11.6 Å². The molecule has 1 aromatic carbocycles. The zero-order valence-electron chi connectivity index (χ0n) is 18.0. The third-order valence-electron chi connectivity index (χ3n) is 5.23. The smallest absolute Gasteiger partial charge is 0.222 e. The Hall–Kier alpha value is -2.58. The third-order valence-corrected chi connectivity index (χ3v) is 5.23. The number of hydrogen-bond acceptors (Lipinski definition) is 8. The minimum Gasteiger partial charge on any atom is -0.493 e. The minimum absolute atomic E-state index is 0.479. The topological polar surface area (TPSA) is 84.2 Å². The molecule has 3 heterocycles. The van der Waals surface area contributed by atoms with Gasteiger partial charge in [-0.15, -0.1) is 0 Å². The van der Waals surface area contributed by atoms with E-state index in [4.69, 9.17) is 19.0 Å². The van der Waals surface area contributed by atoms with Gasteiger partial charge in [0.2, 0.25) is 5.96 Å². The van der Waals surface area contributed by atoms with Gasteiger partial charge in [-0.2, -0.15) is 0 Å². The van der Waals surface area contributed by atoms with E-state index in [2.05, 4.69) is 46.7 Å². The maximum absolute atomic E-state index is 5.93. The Labute approximate surface area is 177 Å². The van der Waals surface area contributed by atoms with Crippen molar-refractivity contribution in [3.63, 3.8) is 0 Å². The van der Waals surface area contributed by atoms with Gasteiger partial charge in [-0.05, 0) is 36.7 Å². The van der Waals surface area contributed by atoms with E-state index < -0.39 is 5.72 Å². The maximum Gasteiger partial charge on any atom is 0.222 e. The van der Waals surface area contributed by atoms with Crippen LogP contribution in [0, 0.1) is 12.8 Å². The number of aryl methyl sites for hydroxylation is 1. The van der Waals surface area contributed by atoms with Crippen LogP contribution in [-0.4, -0.2) is 41.3 Å². The van der Waals surface area contributed by atoms with Gasteiger partial charge in [0.25, 0.3) is 0 Å². The summed E-state index contributed by atoms with van der Waals surface area (Å²) in [6, 6.07) is 8.22. The van der Waals surface area contributed by atoms with Crippen LogP contribution in [-0.2, 0) is 17.9 Å². The van der Waals surface area contributed by atoms with E-state index in [1.807, 2.05) is 19.1 Å². The summed E-state index contributed by atoms with van der Waals surface area (Å²) in [6.07, 6.45) is 3.40. The van der Waals surface area contributed by atoms with E-state index in [-0.39, 0.29) is 0 Å². The maximum atomic E-state index is 5.93. The fourth-order valence-corrected chi connectivity index (χ4v) is 3.60. The van der Waals surface area contributed by atoms with E-state index >= 15 is 0 Å². The number of aliphatic imine (C=N–C) groups is 1. The second kappa shape index (κ2) is 9.06. The molecule has 0 atom stereocenters. The lowest BCUT2D eigenvalue weighted by atomic mass is 10.0. The van der Waals surface area contributed by atoms with Gasteiger partial charge in [-0.1, -0.05) is 26.0 Å². The molecule has 1 fully saturated rings. The quantitative estimate of drug-likeness (QED) is 0.722. The zero-order chi connectivity index (χ0) is 21.0. The van der Waals surface area contributed by atoms with Crippen molar-refractivity contribution in [3.05, 3.63) is 47.7 Å². The summed E-state index contributed by atoms with van der Waals surface area (Å²) in [5.74, 6) is 2.78. The standard InChI is InChI=1S/C22H31N5O3/c1-16(2)14-29-20-6-4-18(5-7-20)12-27(13-19-15-28-17(3)24-19)21-25-22(30-26-21)8-10-23-11-9-22/h4-7,15-16,23H,8-14H2,1-3H3,(H,25,26). The Morgan fingerprint density at radius 1 is 1.17 bits per heavy atom. The number of hydroxylamine groups is 1. The number of oxazole rings is 1. The van der Waals surface area contributed by atoms with Crippen LogP contribution in [0.25, 0.3) is 0 Å². The van der Waals surface area contributed by atoms with Gasteiger partial charge in [0.05, 0.1) is 18.8 Å². The minimum atomic E-state index is -0.479. The fraction of sp³-hybridized carbons (Fsp3) is 0.545. The van der Waals surface area contributed by atoms with Gasteiger partial charge in [-0.3, -0.25) is 0 Å². The predicted octanol–water partition coefficient (Wildman–Crippen LogP) is 2.99. The molecule has 0 aliphatic carbocycles. The highest BCUT2D eigenvalue weighted by molar-refractivity contribution is 5.80. The summed E-state index contributed by atoms with van der Waals surface area (Å²) in [5.41, 5.74) is 4.61. The summed E-state index contributed by atoms with van der Waals surface area (Å²) < 4.78 is 11.2. The molecule has 4 rings (SSSR count). The largest absolute Gasteiger partial charge is 0.493 e. The molecule has 0 unspecified atom stereocenters. The molecule has 1 spiro atoms. The molecule has 2 aromatic rings. The molecule has 162 valence electrons. The van der Waals surface area contributed by atoms with Crippen molar-refractivity contribution in [1.82, 2.24) is 20.7 Å². The van der Waals surface area contributed by atoms with Crippen molar-refractivity contribution < 1.29 is 14.0 Å². The van der Waals surface area contributed by atoms with Gasteiger partial charge < -0.3 is 19.4 Å². The van der Waals surface area contributed by atoms with Crippen LogP contribution in [0.15, 0.2) is 39.9 Å². The number of guanidine groups is 1. The van der Waals surface area contributed by atoms with Crippen LogP contribution in [0.4, 0.5) is 0 Å². The van der Waals surface area contributed by atoms with Crippen LogP contribution >= 0.6 is 0 Å². The van der Waals surface area contributed by atoms with E-state index in [1.54, 1.807) is 6.26 Å². The number of aromatic nitrogens is 1. The highest BCUT2D eigenvalue weighted by Crippen LogP contribution is 2.28. The Morgan fingerprint density at radius 2 is 1.93 bits per heavy atom. The third kappa shape index (κ3) is 5.12. The number of hydrogen-bond donors (Lipinski definition) is 2. The van der Waals surface area contributed by atoms with Crippen LogP contribution in [0.5, 0.6) is 5.75 Å². The first kappa shape index (κ1) is 20.7. The Bertz CT molecular complexity index is 856. The molecule has 30 heavy (non-hydrogen) atoms. The second-order valence-corrected chi connectivity index (χ2v) is 8.40. The van der Waals surface area contributed by atoms with Crippen molar-refractivity contribution in [2.75, 3.05) is 19.7 Å². The summed E-state index contributed by atoms with van der Waals surface area (Å²) >= 11 is 0. The Morgan fingerprint density at radius 3 is 2.60 bits per heavy atom. The molecule has 2 aliphatic rings. The molecule has 1 saturated heterocycles. The zero-order valence-corrected chi connectivity index (χ0v) is 18.0. The van der Waals surface area contributed by atoms with Crippen molar-refractivity contribution in [3.8, 4) is 5.75 Å². The molecule has 2 N–H and O–H groups in total. The van der Waals surface area contributed by atoms with E-state index in [9.17, 15) is 0 Å². The SMILES string of the molecule is Cc1nc(CN(Cc2ccc(OCC(C)C)cc2)C2=NC3(CCNCC3)ON2)co1. The van der Waals surface area contributed by atoms with Crippen molar-refractivity contribution in [1.29, 1.82) is 0 Å². The first-order valence-corrected chi connectivity index (χ1v) is 10.6. The normalized spacial score (nSPS) is 17.8. The Balaban J connectivity index is 1.50. The number of nitrogens with zero attached hydrogens (tertiary/aromatic N) is 3. The summed E-state index contributed by atoms with van der Waals surface area (Å²) in [4.78, 5) is 17.5. The van der Waals surface area contributed by atoms with Gasteiger partial charge in [-0.25, -0.2) is 20.3 Å². The highest BCUT2D eigenvalue weighted by atomic mass is 16.7. The molecule has 2 aliphatic heterocycles. The molecule has 0 saturated carbocycles. The predicted molar refractivity (Wildman–Crippen MR) is 114 cm³/mol. The average molecular weight is 414 g/mol. The summed E-state index contributed by atoms with van der Waals surface area (Å²) in [5, 5.41) is 3.36. The van der Waals surface area contributed by atoms with Crippen LogP contribution in [0.3, 0.4) is 0 Å². The van der Waals surface area contributed by atoms with Crippen molar-refractivity contribution in [2.45, 2.75) is 52.4 Å². The first-order chi connectivity index (χ1) is 14.5. The van der Waals surface area contributed by atoms with Crippen LogP contribution < -0.4 is 15.5 Å². The highest BCUT2D eigenvalue weighted by Gasteiger charge is 2.39. The summed E-state index contributed by atoms with van der Waals surface area (Å²) in [6.45, 7) is 9.90. The molecule has 0 amide bonds. The molecule has 8 nitrogen and oxygen atoms in total. The number of nitrogens with one attached hydrogen (secondary N) is 2. The van der Waals surface area contributed by atoms with E-state index in [0.29, 0.717) is 31.5 Å². The first-order valence-electron chi connectivity index (χ1n) is 10.6. The lowest BCUT2D eigenvalue weighted by Gasteiger charge is -2.28. The fourth-order valence-electron chi connectivity index (χ4n) is 3.60. The van der Waals surface area contributed by atoms with Crippen LogP contribution in [0.1, 0.15) is 43.8 Å². The molecule has 0 bridgehead atoms. The lowest BCUT2D eigenvalue weighted by Crippen LogP contribution is -2.42. The van der Waals surface area contributed by atoms with Crippen LogP contribution in [0.2, 0.25) is 0 Å². The second-order valence-electron chi connectivity index (χ2n) is 8.40. The molecule has 1 aromatic heterocycles. The van der Waals surface area contributed by atoms with Crippen molar-refractivity contribution in [2.24, 2.45) is 10.9 Å².